The molecule has 0 aliphatic heterocycles. The van der Waals surface area contributed by atoms with Gasteiger partial charge in [-0.25, -0.2) is 9.78 Å². The molecular formula is C21H21BrN2O3. The van der Waals surface area contributed by atoms with Crippen molar-refractivity contribution in [3.8, 4) is 5.75 Å². The van der Waals surface area contributed by atoms with Crippen LogP contribution in [0, 0.1) is 0 Å². The van der Waals surface area contributed by atoms with E-state index in [4.69, 9.17) is 9.47 Å². The smallest absolute Gasteiger partial charge is 0.347 e. The van der Waals surface area contributed by atoms with Crippen LogP contribution in [0.1, 0.15) is 13.8 Å². The molecule has 1 unspecified atom stereocenters. The van der Waals surface area contributed by atoms with Gasteiger partial charge in [0, 0.05) is 18.1 Å². The Kier molecular flexibility index (Phi) is 5.96. The fraction of sp³-hybridized carbons (Fsp3) is 0.238. The van der Waals surface area contributed by atoms with Gasteiger partial charge in [0.05, 0.1) is 6.61 Å². The minimum atomic E-state index is -0.647. The van der Waals surface area contributed by atoms with Gasteiger partial charge in [-0.15, -0.1) is 0 Å². The second-order valence-electron chi connectivity index (χ2n) is 6.06. The minimum absolute atomic E-state index is 0.338. The van der Waals surface area contributed by atoms with E-state index in [9.17, 15) is 4.79 Å². The van der Waals surface area contributed by atoms with Gasteiger partial charge in [0.25, 0.3) is 0 Å². The fourth-order valence-electron chi connectivity index (χ4n) is 2.71. The average Bonchev–Trinajstić information content (AvgIpc) is 2.68. The first-order chi connectivity index (χ1) is 13.0. The van der Waals surface area contributed by atoms with Crippen LogP contribution in [0.2, 0.25) is 0 Å². The molecule has 0 saturated heterocycles. The summed E-state index contributed by atoms with van der Waals surface area (Å²) in [4.78, 5) is 18.3. The number of hydrogen-bond acceptors (Lipinski definition) is 5. The Morgan fingerprint density at radius 1 is 1.19 bits per heavy atom. The number of hydrogen-bond donors (Lipinski definition) is 0. The summed E-state index contributed by atoms with van der Waals surface area (Å²) in [7, 11) is 1.96. The lowest BCUT2D eigenvalue weighted by atomic mass is 10.2. The molecule has 0 amide bonds. The van der Waals surface area contributed by atoms with Gasteiger partial charge in [-0.2, -0.15) is 0 Å². The maximum absolute atomic E-state index is 11.7. The van der Waals surface area contributed by atoms with Crippen molar-refractivity contribution in [2.75, 3.05) is 18.6 Å². The van der Waals surface area contributed by atoms with Crippen LogP contribution < -0.4 is 9.64 Å². The van der Waals surface area contributed by atoms with E-state index in [1.54, 1.807) is 13.8 Å². The Labute approximate surface area is 167 Å². The Morgan fingerprint density at radius 2 is 1.89 bits per heavy atom. The molecule has 0 aliphatic carbocycles. The van der Waals surface area contributed by atoms with Crippen LogP contribution in [0.3, 0.4) is 0 Å². The monoisotopic (exact) mass is 428 g/mol. The molecule has 1 heterocycles. The number of anilines is 2. The van der Waals surface area contributed by atoms with Crippen molar-refractivity contribution in [2.24, 2.45) is 0 Å². The number of carbonyl (C=O) groups is 1. The number of benzene rings is 2. The average molecular weight is 429 g/mol. The van der Waals surface area contributed by atoms with Gasteiger partial charge < -0.3 is 14.4 Å². The number of rotatable bonds is 6. The molecule has 6 heteroatoms. The zero-order chi connectivity index (χ0) is 19.4. The molecule has 2 aromatic carbocycles. The second kappa shape index (κ2) is 8.39. The highest BCUT2D eigenvalue weighted by atomic mass is 79.9. The highest BCUT2D eigenvalue weighted by molar-refractivity contribution is 9.10. The summed E-state index contributed by atoms with van der Waals surface area (Å²) in [5.74, 6) is 1.07. The summed E-state index contributed by atoms with van der Waals surface area (Å²) >= 11 is 3.55. The third kappa shape index (κ3) is 4.39. The zero-order valence-corrected chi connectivity index (χ0v) is 17.1. The van der Waals surface area contributed by atoms with Crippen molar-refractivity contribution in [3.63, 3.8) is 0 Å². The molecule has 0 N–H and O–H groups in total. The van der Waals surface area contributed by atoms with Gasteiger partial charge in [0.1, 0.15) is 16.2 Å². The molecule has 27 heavy (non-hydrogen) atoms. The third-order valence-electron chi connectivity index (χ3n) is 4.18. The first-order valence-corrected chi connectivity index (χ1v) is 9.51. The molecule has 0 fully saturated rings. The van der Waals surface area contributed by atoms with Crippen LogP contribution in [0.4, 0.5) is 11.5 Å². The van der Waals surface area contributed by atoms with E-state index in [2.05, 4.69) is 27.0 Å². The summed E-state index contributed by atoms with van der Waals surface area (Å²) in [6.07, 6.45) is -0.647. The first-order valence-electron chi connectivity index (χ1n) is 8.72. The molecule has 5 nitrogen and oxygen atoms in total. The van der Waals surface area contributed by atoms with E-state index >= 15 is 0 Å². The van der Waals surface area contributed by atoms with Crippen molar-refractivity contribution in [1.82, 2.24) is 4.98 Å². The molecule has 0 bridgehead atoms. The molecule has 0 saturated carbocycles. The third-order valence-corrected chi connectivity index (χ3v) is 4.78. The van der Waals surface area contributed by atoms with Gasteiger partial charge in [-0.05, 0) is 65.5 Å². The van der Waals surface area contributed by atoms with E-state index in [1.165, 1.54) is 0 Å². The Hall–Kier alpha value is -2.60. The lowest BCUT2D eigenvalue weighted by Crippen LogP contribution is -2.26. The van der Waals surface area contributed by atoms with Gasteiger partial charge in [-0.3, -0.25) is 0 Å². The van der Waals surface area contributed by atoms with E-state index in [1.807, 2.05) is 60.5 Å². The molecule has 3 aromatic rings. The molecule has 0 spiro atoms. The van der Waals surface area contributed by atoms with Gasteiger partial charge in [-0.1, -0.05) is 24.3 Å². The second-order valence-corrected chi connectivity index (χ2v) is 6.81. The van der Waals surface area contributed by atoms with E-state index < -0.39 is 6.10 Å². The molecule has 3 rings (SSSR count). The molecule has 140 valence electrons. The normalized spacial score (nSPS) is 11.9. The summed E-state index contributed by atoms with van der Waals surface area (Å²) in [6, 6.07) is 17.7. The number of esters is 1. The number of pyridine rings is 1. The predicted octanol–water partition coefficient (Wildman–Crippen LogP) is 5.10. The van der Waals surface area contributed by atoms with E-state index in [0.717, 1.165) is 26.9 Å². The van der Waals surface area contributed by atoms with Crippen molar-refractivity contribution in [1.29, 1.82) is 0 Å². The first kappa shape index (κ1) is 19.2. The van der Waals surface area contributed by atoms with Crippen LogP contribution in [0.15, 0.2) is 59.2 Å². The number of carbonyl (C=O) groups excluding carboxylic acids is 1. The van der Waals surface area contributed by atoms with E-state index in [-0.39, 0.29) is 5.97 Å². The number of fused-ring (bicyclic) bond motifs is 1. The van der Waals surface area contributed by atoms with Gasteiger partial charge in [0.2, 0.25) is 0 Å². The molecule has 1 aromatic heterocycles. The predicted molar refractivity (Wildman–Crippen MR) is 111 cm³/mol. The topological polar surface area (TPSA) is 51.7 Å². The Bertz CT molecular complexity index is 944. The largest absolute Gasteiger partial charge is 0.479 e. The SMILES string of the molecule is CCOC(=O)C(C)Oc1ccc(N(C)c2cc3ccccc3c(Br)n2)cc1. The van der Waals surface area contributed by atoms with Crippen LogP contribution >= 0.6 is 15.9 Å². The lowest BCUT2D eigenvalue weighted by molar-refractivity contribution is -0.150. The summed E-state index contributed by atoms with van der Waals surface area (Å²) in [5.41, 5.74) is 0.959. The van der Waals surface area contributed by atoms with Crippen molar-refractivity contribution in [3.05, 3.63) is 59.2 Å². The van der Waals surface area contributed by atoms with Crippen LogP contribution in [0.25, 0.3) is 10.8 Å². The highest BCUT2D eigenvalue weighted by Gasteiger charge is 2.16. The minimum Gasteiger partial charge on any atom is -0.479 e. The maximum Gasteiger partial charge on any atom is 0.347 e. The molecule has 1 atom stereocenters. The Morgan fingerprint density at radius 3 is 2.59 bits per heavy atom. The lowest BCUT2D eigenvalue weighted by Gasteiger charge is -2.20. The highest BCUT2D eigenvalue weighted by Crippen LogP contribution is 2.30. The quantitative estimate of drug-likeness (QED) is 0.403. The molecule has 0 aliphatic rings. The number of halogens is 1. The van der Waals surface area contributed by atoms with Gasteiger partial charge >= 0.3 is 5.97 Å². The van der Waals surface area contributed by atoms with E-state index in [0.29, 0.717) is 12.4 Å². The standard InChI is InChI=1S/C21H21BrN2O3/c1-4-26-21(25)14(2)27-17-11-9-16(10-12-17)24(3)19-13-15-7-5-6-8-18(15)20(22)23-19/h5-14H,4H2,1-3H3. The van der Waals surface area contributed by atoms with Crippen LogP contribution in [0.5, 0.6) is 5.75 Å². The van der Waals surface area contributed by atoms with Gasteiger partial charge in [0.15, 0.2) is 6.10 Å². The number of nitrogens with zero attached hydrogens (tertiary/aromatic N) is 2. The number of aromatic nitrogens is 1. The summed E-state index contributed by atoms with van der Waals surface area (Å²) in [6.45, 7) is 3.79. The summed E-state index contributed by atoms with van der Waals surface area (Å²) < 4.78 is 11.4. The Balaban J connectivity index is 1.78. The molecular weight excluding hydrogens is 408 g/mol. The summed E-state index contributed by atoms with van der Waals surface area (Å²) in [5, 5.41) is 2.19. The van der Waals surface area contributed by atoms with Crippen LogP contribution in [-0.2, 0) is 9.53 Å². The fourth-order valence-corrected chi connectivity index (χ4v) is 3.25. The van der Waals surface area contributed by atoms with Crippen molar-refractivity contribution < 1.29 is 14.3 Å². The van der Waals surface area contributed by atoms with Crippen LogP contribution in [-0.4, -0.2) is 30.7 Å². The maximum atomic E-state index is 11.7. The van der Waals surface area contributed by atoms with Crippen molar-refractivity contribution in [2.45, 2.75) is 20.0 Å². The number of ether oxygens (including phenoxy) is 2. The van der Waals surface area contributed by atoms with Crippen molar-refractivity contribution >= 4 is 44.2 Å². The molecule has 0 radical (unpaired) electrons. The zero-order valence-electron chi connectivity index (χ0n) is 15.5.